The van der Waals surface area contributed by atoms with Gasteiger partial charge in [0.15, 0.2) is 18.7 Å². The molecule has 4 fully saturated rings. The first-order chi connectivity index (χ1) is 20.0. The van der Waals surface area contributed by atoms with Gasteiger partial charge in [-0.1, -0.05) is 37.1 Å². The molecule has 0 aromatic rings. The molecule has 2 heterocycles. The normalized spacial score (nSPS) is 31.0. The van der Waals surface area contributed by atoms with Crippen molar-refractivity contribution in [3.8, 4) is 0 Å². The Hall–Kier alpha value is -1.74. The monoisotopic (exact) mass is 576 g/mol. The predicted octanol–water partition coefficient (Wildman–Crippen LogP) is 6.41. The fraction of sp³-hybridized carbons (Fsp3) is 0.818. The van der Waals surface area contributed by atoms with Crippen LogP contribution in [0.5, 0.6) is 0 Å². The van der Waals surface area contributed by atoms with Gasteiger partial charge in [-0.2, -0.15) is 0 Å². The quantitative estimate of drug-likeness (QED) is 0.173. The highest BCUT2D eigenvalue weighted by Crippen LogP contribution is 2.39. The van der Waals surface area contributed by atoms with E-state index in [0.29, 0.717) is 31.3 Å². The third-order valence-corrected chi connectivity index (χ3v) is 9.08. The number of ether oxygens (including phenoxy) is 6. The summed E-state index contributed by atoms with van der Waals surface area (Å²) in [4.78, 5) is 24.2. The summed E-state index contributed by atoms with van der Waals surface area (Å²) >= 11 is 0. The number of hydrogen-bond acceptors (Lipinski definition) is 8. The lowest BCUT2D eigenvalue weighted by molar-refractivity contribution is -0.203. The van der Waals surface area contributed by atoms with Crippen LogP contribution in [0.4, 0.5) is 0 Å². The highest BCUT2D eigenvalue weighted by Gasteiger charge is 2.37. The molecule has 2 aliphatic heterocycles. The van der Waals surface area contributed by atoms with Crippen LogP contribution in [0.3, 0.4) is 0 Å². The Morgan fingerprint density at radius 1 is 0.854 bits per heavy atom. The van der Waals surface area contributed by atoms with Crippen LogP contribution in [0.2, 0.25) is 0 Å². The minimum Gasteiger partial charge on any atom is -0.467 e. The molecule has 232 valence electrons. The van der Waals surface area contributed by atoms with Gasteiger partial charge in [0.1, 0.15) is 6.10 Å². The molecule has 4 aliphatic rings. The second-order valence-electron chi connectivity index (χ2n) is 12.1. The van der Waals surface area contributed by atoms with E-state index in [0.717, 1.165) is 64.4 Å². The molecule has 8 heteroatoms. The van der Waals surface area contributed by atoms with Crippen LogP contribution in [0, 0.1) is 17.8 Å². The zero-order valence-electron chi connectivity index (χ0n) is 25.2. The fourth-order valence-corrected chi connectivity index (χ4v) is 6.82. The third kappa shape index (κ3) is 10.5. The third-order valence-electron chi connectivity index (χ3n) is 9.08. The van der Waals surface area contributed by atoms with Gasteiger partial charge in [-0.25, -0.2) is 4.79 Å². The first kappa shape index (κ1) is 32.2. The summed E-state index contributed by atoms with van der Waals surface area (Å²) in [6, 6.07) is 0. The van der Waals surface area contributed by atoms with Crippen LogP contribution >= 0.6 is 0 Å². The molecule has 7 atom stereocenters. The van der Waals surface area contributed by atoms with Crippen LogP contribution in [0.1, 0.15) is 103 Å². The average molecular weight is 577 g/mol. The minimum absolute atomic E-state index is 0.0768. The maximum Gasteiger partial charge on any atom is 0.335 e. The van der Waals surface area contributed by atoms with Crippen molar-refractivity contribution in [1.29, 1.82) is 0 Å². The smallest absolute Gasteiger partial charge is 0.335 e. The molecule has 2 saturated heterocycles. The van der Waals surface area contributed by atoms with Crippen LogP contribution in [-0.2, 0) is 38.0 Å². The molecular weight excluding hydrogens is 524 g/mol. The number of carbonyl (C=O) groups is 2. The van der Waals surface area contributed by atoms with Crippen LogP contribution in [-0.4, -0.2) is 63.2 Å². The predicted molar refractivity (Wildman–Crippen MR) is 155 cm³/mol. The molecule has 4 rings (SSSR count). The highest BCUT2D eigenvalue weighted by molar-refractivity contribution is 5.74. The summed E-state index contributed by atoms with van der Waals surface area (Å²) in [5, 5.41) is 0. The Labute approximate surface area is 246 Å². The largest absolute Gasteiger partial charge is 0.467 e. The molecule has 0 bridgehead atoms. The van der Waals surface area contributed by atoms with Crippen LogP contribution in [0.25, 0.3) is 0 Å². The zero-order chi connectivity index (χ0) is 28.9. The average Bonchev–Trinajstić information content (AvgIpc) is 3.65. The second kappa shape index (κ2) is 17.4. The summed E-state index contributed by atoms with van der Waals surface area (Å²) in [5.41, 5.74) is 0. The Bertz CT molecular complexity index is 838. The van der Waals surface area contributed by atoms with Crippen molar-refractivity contribution >= 4 is 11.9 Å². The molecule has 41 heavy (non-hydrogen) atoms. The lowest BCUT2D eigenvalue weighted by Gasteiger charge is -2.30. The fourth-order valence-electron chi connectivity index (χ4n) is 6.82. The highest BCUT2D eigenvalue weighted by atomic mass is 16.7. The van der Waals surface area contributed by atoms with Gasteiger partial charge in [0.2, 0.25) is 0 Å². The van der Waals surface area contributed by atoms with E-state index in [2.05, 4.69) is 24.3 Å². The molecular formula is C33H52O8. The van der Waals surface area contributed by atoms with E-state index in [1.165, 1.54) is 39.7 Å². The van der Waals surface area contributed by atoms with Gasteiger partial charge in [0.25, 0.3) is 0 Å². The number of esters is 2. The summed E-state index contributed by atoms with van der Waals surface area (Å²) < 4.78 is 34.7. The van der Waals surface area contributed by atoms with Crippen molar-refractivity contribution in [2.45, 2.75) is 134 Å². The number of rotatable bonds is 14. The van der Waals surface area contributed by atoms with E-state index >= 15 is 0 Å². The van der Waals surface area contributed by atoms with Crippen molar-refractivity contribution in [3.05, 3.63) is 24.3 Å². The van der Waals surface area contributed by atoms with Crippen LogP contribution in [0.15, 0.2) is 24.3 Å². The molecule has 0 radical (unpaired) electrons. The molecule has 0 spiro atoms. The van der Waals surface area contributed by atoms with Crippen molar-refractivity contribution in [3.63, 3.8) is 0 Å². The molecule has 0 N–H and O–H groups in total. The second-order valence-corrected chi connectivity index (χ2v) is 12.1. The van der Waals surface area contributed by atoms with Gasteiger partial charge in [0, 0.05) is 26.1 Å². The van der Waals surface area contributed by atoms with E-state index in [4.69, 9.17) is 28.4 Å². The Morgan fingerprint density at radius 3 is 2.17 bits per heavy atom. The molecule has 8 nitrogen and oxygen atoms in total. The summed E-state index contributed by atoms with van der Waals surface area (Å²) in [7, 11) is 1.39. The van der Waals surface area contributed by atoms with Gasteiger partial charge in [0.05, 0.1) is 13.2 Å². The van der Waals surface area contributed by atoms with Gasteiger partial charge >= 0.3 is 11.9 Å². The first-order valence-electron chi connectivity index (χ1n) is 16.2. The van der Waals surface area contributed by atoms with Gasteiger partial charge in [-0.3, -0.25) is 4.79 Å². The van der Waals surface area contributed by atoms with E-state index in [1.54, 1.807) is 0 Å². The SMILES string of the molecule is COC(=O)C(CCC=CC[C@H]1[C@@H](OC(C)=O)CC[C@@H]1C=C[C@@H](OC1CCCCO1)C1CCCC1)OC1CCCCO1. The maximum atomic E-state index is 12.3. The van der Waals surface area contributed by atoms with Crippen LogP contribution < -0.4 is 0 Å². The summed E-state index contributed by atoms with van der Waals surface area (Å²) in [6.45, 7) is 2.95. The topological polar surface area (TPSA) is 89.5 Å². The summed E-state index contributed by atoms with van der Waals surface area (Å²) in [6.07, 6.45) is 22.8. The van der Waals surface area contributed by atoms with Crippen molar-refractivity contribution in [1.82, 2.24) is 0 Å². The van der Waals surface area contributed by atoms with Gasteiger partial charge in [-0.15, -0.1) is 0 Å². The van der Waals surface area contributed by atoms with Crippen molar-refractivity contribution in [2.24, 2.45) is 17.8 Å². The minimum atomic E-state index is -0.635. The Kier molecular flexibility index (Phi) is 13.7. The number of methoxy groups -OCH3 is 1. The van der Waals surface area contributed by atoms with E-state index in [1.807, 2.05) is 0 Å². The van der Waals surface area contributed by atoms with Crippen molar-refractivity contribution < 1.29 is 38.0 Å². The maximum absolute atomic E-state index is 12.3. The van der Waals surface area contributed by atoms with Crippen molar-refractivity contribution in [2.75, 3.05) is 20.3 Å². The van der Waals surface area contributed by atoms with E-state index < -0.39 is 6.10 Å². The molecule has 2 aliphatic carbocycles. The lowest BCUT2D eigenvalue weighted by Crippen LogP contribution is -2.33. The van der Waals surface area contributed by atoms with Gasteiger partial charge < -0.3 is 28.4 Å². The zero-order valence-corrected chi connectivity index (χ0v) is 25.2. The molecule has 0 aromatic heterocycles. The molecule has 0 aromatic carbocycles. The van der Waals surface area contributed by atoms with Gasteiger partial charge in [-0.05, 0) is 95.3 Å². The number of carbonyl (C=O) groups excluding carboxylic acids is 2. The Balaban J connectivity index is 1.33. The number of hydrogen-bond donors (Lipinski definition) is 0. The standard InChI is InChI=1S/C33H52O8/c1-24(34)39-29-21-19-25(18-20-28(26-12-6-7-13-26)40-31-16-8-10-22-37-31)27(29)14-4-3-5-15-30(33(35)36-2)41-32-17-9-11-23-38-32/h3-4,18,20,25-32H,5-17,19,21-23H2,1-2H3/t25-,27+,28+,29-,30?,31?,32?/m0/s1. The van der Waals surface area contributed by atoms with E-state index in [-0.39, 0.29) is 42.6 Å². The summed E-state index contributed by atoms with van der Waals surface area (Å²) in [5.74, 6) is 0.493. The molecule has 0 amide bonds. The Morgan fingerprint density at radius 2 is 1.54 bits per heavy atom. The number of allylic oxidation sites excluding steroid dienone is 3. The molecule has 3 unspecified atom stereocenters. The molecule has 2 saturated carbocycles. The lowest BCUT2D eigenvalue weighted by atomic mass is 9.89. The first-order valence-corrected chi connectivity index (χ1v) is 16.2. The van der Waals surface area contributed by atoms with E-state index in [9.17, 15) is 9.59 Å².